The second kappa shape index (κ2) is 5.35. The molecule has 5 nitrogen and oxygen atoms in total. The number of carbonyl (C=O) groups is 2. The first-order valence-corrected chi connectivity index (χ1v) is 5.14. The van der Waals surface area contributed by atoms with Gasteiger partial charge in [0.1, 0.15) is 5.69 Å². The van der Waals surface area contributed by atoms with Gasteiger partial charge in [-0.1, -0.05) is 0 Å². The summed E-state index contributed by atoms with van der Waals surface area (Å²) in [4.78, 5) is 26.1. The van der Waals surface area contributed by atoms with E-state index in [0.29, 0.717) is 4.90 Å². The monoisotopic (exact) mass is 226 g/mol. The quantitative estimate of drug-likeness (QED) is 0.736. The van der Waals surface area contributed by atoms with Crippen molar-refractivity contribution in [3.8, 4) is 0 Å². The second-order valence-corrected chi connectivity index (χ2v) is 3.69. The van der Waals surface area contributed by atoms with Crippen molar-refractivity contribution in [3.05, 3.63) is 24.0 Å². The first-order valence-electron chi connectivity index (χ1n) is 4.16. The summed E-state index contributed by atoms with van der Waals surface area (Å²) in [7, 11) is 1.51. The molecule has 0 unspecified atom stereocenters. The smallest absolute Gasteiger partial charge is 0.313 e. The molecule has 0 aliphatic rings. The molecule has 1 aromatic heterocycles. The molecule has 0 atom stereocenters. The van der Waals surface area contributed by atoms with Gasteiger partial charge in [0.15, 0.2) is 0 Å². The highest BCUT2D eigenvalue weighted by Crippen LogP contribution is 2.17. The number of carboxylic acid groups (broad SMARTS) is 1. The highest BCUT2D eigenvalue weighted by Gasteiger charge is 2.06. The van der Waals surface area contributed by atoms with Crippen LogP contribution in [0.2, 0.25) is 0 Å². The van der Waals surface area contributed by atoms with Gasteiger partial charge < -0.3 is 10.4 Å². The number of nitrogens with one attached hydrogen (secondary N) is 1. The second-order valence-electron chi connectivity index (χ2n) is 2.64. The third-order valence-corrected chi connectivity index (χ3v) is 2.53. The third-order valence-electron chi connectivity index (χ3n) is 1.55. The fourth-order valence-corrected chi connectivity index (χ4v) is 1.54. The average molecular weight is 226 g/mol. The van der Waals surface area contributed by atoms with Gasteiger partial charge in [-0.05, 0) is 12.1 Å². The van der Waals surface area contributed by atoms with Gasteiger partial charge in [-0.15, -0.1) is 11.8 Å². The van der Waals surface area contributed by atoms with E-state index in [-0.39, 0.29) is 17.4 Å². The van der Waals surface area contributed by atoms with Crippen LogP contribution in [-0.4, -0.2) is 34.8 Å². The molecular weight excluding hydrogens is 216 g/mol. The van der Waals surface area contributed by atoms with Gasteiger partial charge in [0.25, 0.3) is 5.91 Å². The van der Waals surface area contributed by atoms with Crippen LogP contribution in [0.1, 0.15) is 10.5 Å². The Balaban J connectivity index is 2.74. The molecule has 0 spiro atoms. The van der Waals surface area contributed by atoms with Crippen LogP contribution in [-0.2, 0) is 4.79 Å². The largest absolute Gasteiger partial charge is 0.481 e. The average Bonchev–Trinajstić information content (AvgIpc) is 2.25. The molecule has 80 valence electrons. The standard InChI is InChI=1S/C9H10N2O3S/c1-10-9(14)7-4-6(2-3-11-7)15-5-8(12)13/h2-4H,5H2,1H3,(H,10,14)(H,12,13). The maximum atomic E-state index is 11.2. The molecule has 1 aromatic rings. The number of hydrogen-bond donors (Lipinski definition) is 2. The van der Waals surface area contributed by atoms with Crippen molar-refractivity contribution < 1.29 is 14.7 Å². The van der Waals surface area contributed by atoms with Crippen LogP contribution in [0.25, 0.3) is 0 Å². The van der Waals surface area contributed by atoms with Crippen LogP contribution in [0.5, 0.6) is 0 Å². The number of rotatable bonds is 4. The predicted molar refractivity (Wildman–Crippen MR) is 56.0 cm³/mol. The number of pyridine rings is 1. The fourth-order valence-electron chi connectivity index (χ4n) is 0.898. The normalized spacial score (nSPS) is 9.67. The molecule has 0 bridgehead atoms. The zero-order valence-corrected chi connectivity index (χ0v) is 8.87. The minimum absolute atomic E-state index is 0.0306. The lowest BCUT2D eigenvalue weighted by Gasteiger charge is -2.01. The maximum Gasteiger partial charge on any atom is 0.313 e. The summed E-state index contributed by atoms with van der Waals surface area (Å²) in [5, 5.41) is 10.9. The number of aliphatic carboxylic acids is 1. The summed E-state index contributed by atoms with van der Waals surface area (Å²) in [5.74, 6) is -1.21. The Bertz CT molecular complexity index is 381. The summed E-state index contributed by atoms with van der Waals surface area (Å²) in [5.41, 5.74) is 0.285. The van der Waals surface area contributed by atoms with Gasteiger partial charge in [0.05, 0.1) is 5.75 Å². The van der Waals surface area contributed by atoms with E-state index in [1.165, 1.54) is 13.2 Å². The lowest BCUT2D eigenvalue weighted by Crippen LogP contribution is -2.19. The van der Waals surface area contributed by atoms with E-state index in [9.17, 15) is 9.59 Å². The summed E-state index contributed by atoms with van der Waals surface area (Å²) in [6.45, 7) is 0. The van der Waals surface area contributed by atoms with E-state index in [0.717, 1.165) is 11.8 Å². The van der Waals surface area contributed by atoms with Crippen LogP contribution < -0.4 is 5.32 Å². The first-order chi connectivity index (χ1) is 7.13. The van der Waals surface area contributed by atoms with Gasteiger partial charge >= 0.3 is 5.97 Å². The van der Waals surface area contributed by atoms with Crippen LogP contribution in [0.15, 0.2) is 23.2 Å². The van der Waals surface area contributed by atoms with Crippen LogP contribution in [0.4, 0.5) is 0 Å². The van der Waals surface area contributed by atoms with Gasteiger partial charge in [0.2, 0.25) is 0 Å². The molecule has 1 rings (SSSR count). The molecular formula is C9H10N2O3S. The van der Waals surface area contributed by atoms with Crippen LogP contribution in [0.3, 0.4) is 0 Å². The van der Waals surface area contributed by atoms with Crippen molar-refractivity contribution >= 4 is 23.6 Å². The van der Waals surface area contributed by atoms with E-state index in [4.69, 9.17) is 5.11 Å². The van der Waals surface area contributed by atoms with E-state index in [2.05, 4.69) is 10.3 Å². The molecule has 0 aromatic carbocycles. The zero-order chi connectivity index (χ0) is 11.3. The highest BCUT2D eigenvalue weighted by atomic mass is 32.2. The van der Waals surface area contributed by atoms with Gasteiger partial charge in [-0.3, -0.25) is 14.6 Å². The number of hydrogen-bond acceptors (Lipinski definition) is 4. The summed E-state index contributed by atoms with van der Waals surface area (Å²) >= 11 is 1.15. The number of thioether (sulfide) groups is 1. The van der Waals surface area contributed by atoms with Gasteiger partial charge in [-0.25, -0.2) is 0 Å². The molecule has 0 saturated carbocycles. The number of carbonyl (C=O) groups excluding carboxylic acids is 1. The molecule has 6 heteroatoms. The Morgan fingerprint density at radius 2 is 2.33 bits per heavy atom. The van der Waals surface area contributed by atoms with Crippen LogP contribution in [0, 0.1) is 0 Å². The third kappa shape index (κ3) is 3.59. The Kier molecular flexibility index (Phi) is 4.11. The van der Waals surface area contributed by atoms with Crippen molar-refractivity contribution in [2.24, 2.45) is 0 Å². The van der Waals surface area contributed by atoms with E-state index in [1.807, 2.05) is 0 Å². The molecule has 0 radical (unpaired) electrons. The lowest BCUT2D eigenvalue weighted by atomic mass is 10.3. The van der Waals surface area contributed by atoms with E-state index in [1.54, 1.807) is 12.1 Å². The summed E-state index contributed by atoms with van der Waals surface area (Å²) in [6.07, 6.45) is 1.48. The molecule has 0 fully saturated rings. The summed E-state index contributed by atoms with van der Waals surface area (Å²) < 4.78 is 0. The van der Waals surface area contributed by atoms with Crippen LogP contribution >= 0.6 is 11.8 Å². The Labute approximate surface area is 90.9 Å². The highest BCUT2D eigenvalue weighted by molar-refractivity contribution is 8.00. The molecule has 1 heterocycles. The van der Waals surface area contributed by atoms with Gasteiger partial charge in [-0.2, -0.15) is 0 Å². The van der Waals surface area contributed by atoms with Gasteiger partial charge in [0, 0.05) is 18.1 Å². The zero-order valence-electron chi connectivity index (χ0n) is 8.06. The molecule has 2 N–H and O–H groups in total. The SMILES string of the molecule is CNC(=O)c1cc(SCC(=O)O)ccn1. The minimum atomic E-state index is -0.890. The first kappa shape index (κ1) is 11.5. The Hall–Kier alpha value is -1.56. The minimum Gasteiger partial charge on any atom is -0.481 e. The number of carboxylic acids is 1. The molecule has 0 saturated heterocycles. The molecule has 0 aliphatic carbocycles. The number of aromatic nitrogens is 1. The number of nitrogens with zero attached hydrogens (tertiary/aromatic N) is 1. The maximum absolute atomic E-state index is 11.2. The van der Waals surface area contributed by atoms with Crippen molar-refractivity contribution in [2.75, 3.05) is 12.8 Å². The fraction of sp³-hybridized carbons (Fsp3) is 0.222. The topological polar surface area (TPSA) is 79.3 Å². The van der Waals surface area contributed by atoms with E-state index >= 15 is 0 Å². The lowest BCUT2D eigenvalue weighted by molar-refractivity contribution is -0.133. The molecule has 0 aliphatic heterocycles. The van der Waals surface area contributed by atoms with Crippen molar-refractivity contribution in [1.82, 2.24) is 10.3 Å². The predicted octanol–water partition coefficient (Wildman–Crippen LogP) is 0.618. The van der Waals surface area contributed by atoms with Crippen molar-refractivity contribution in [2.45, 2.75) is 4.90 Å². The Morgan fingerprint density at radius 3 is 2.93 bits per heavy atom. The Morgan fingerprint density at radius 1 is 1.60 bits per heavy atom. The van der Waals surface area contributed by atoms with E-state index < -0.39 is 5.97 Å². The number of amides is 1. The van der Waals surface area contributed by atoms with Crippen molar-refractivity contribution in [1.29, 1.82) is 0 Å². The molecule has 1 amide bonds. The molecule has 15 heavy (non-hydrogen) atoms. The summed E-state index contributed by atoms with van der Waals surface area (Å²) in [6, 6.07) is 3.23. The van der Waals surface area contributed by atoms with Crippen molar-refractivity contribution in [3.63, 3.8) is 0 Å².